The van der Waals surface area contributed by atoms with Gasteiger partial charge in [-0.3, -0.25) is 24.5 Å². The summed E-state index contributed by atoms with van der Waals surface area (Å²) in [5, 5.41) is 39.4. The number of benzene rings is 8. The normalized spacial score (nSPS) is 21.6. The van der Waals surface area contributed by atoms with E-state index >= 15 is 0 Å². The molecule has 666 valence electrons. The first-order chi connectivity index (χ1) is 58.6. The van der Waals surface area contributed by atoms with Crippen molar-refractivity contribution in [1.82, 2.24) is 37.4 Å². The highest BCUT2D eigenvalue weighted by Crippen LogP contribution is 2.47. The van der Waals surface area contributed by atoms with Crippen LogP contribution < -0.4 is 18.9 Å². The van der Waals surface area contributed by atoms with Crippen molar-refractivity contribution in [1.29, 1.82) is 0 Å². The van der Waals surface area contributed by atoms with Crippen molar-refractivity contribution < 1.29 is 77.8 Å². The van der Waals surface area contributed by atoms with E-state index < -0.39 is 66.0 Å². The van der Waals surface area contributed by atoms with Crippen LogP contribution in [0.3, 0.4) is 0 Å². The number of rotatable bonds is 28. The van der Waals surface area contributed by atoms with Gasteiger partial charge in [0.2, 0.25) is 30.1 Å². The lowest BCUT2D eigenvalue weighted by molar-refractivity contribution is -0.157. The Morgan fingerprint density at radius 1 is 0.374 bits per heavy atom. The number of nitrogens with zero attached hydrogens (tertiary/aromatic N) is 8. The summed E-state index contributed by atoms with van der Waals surface area (Å²) in [6, 6.07) is 50.3. The summed E-state index contributed by atoms with van der Waals surface area (Å²) < 4.78 is 143. The van der Waals surface area contributed by atoms with E-state index in [0.29, 0.717) is 77.5 Å². The monoisotopic (exact) mass is 1750 g/mol. The molecular formula is C95H123F3N8O14S3. The third kappa shape index (κ3) is 22.5. The molecule has 1 unspecified atom stereocenters. The average molecular weight is 1750 g/mol. The molecule has 8 aromatic carbocycles. The first kappa shape index (κ1) is 92.2. The van der Waals surface area contributed by atoms with Crippen molar-refractivity contribution in [2.45, 2.75) is 122 Å². The molecule has 16 rings (SSSR count). The van der Waals surface area contributed by atoms with E-state index in [1.54, 1.807) is 58.9 Å². The fraction of sp³-hybridized carbons (Fsp3) is 0.495. The van der Waals surface area contributed by atoms with E-state index in [-0.39, 0.29) is 29.5 Å². The molecule has 4 N–H and O–H groups in total. The molecule has 8 aromatic rings. The predicted octanol–water partition coefficient (Wildman–Crippen LogP) is 14.0. The Hall–Kier alpha value is -8.52. The fourth-order valence-corrected chi connectivity index (χ4v) is 22.2. The fourth-order valence-electron chi connectivity index (χ4n) is 18.8. The Labute approximate surface area is 725 Å². The molecule has 8 aliphatic rings. The Bertz CT molecular complexity index is 5070. The number of fused-ring (bicyclic) bond motifs is 4. The topological polar surface area (TPSA) is 246 Å². The molecule has 28 heteroatoms. The lowest BCUT2D eigenvalue weighted by Gasteiger charge is -2.47. The van der Waals surface area contributed by atoms with E-state index in [1.807, 2.05) is 129 Å². The third-order valence-electron chi connectivity index (χ3n) is 26.2. The molecule has 0 aliphatic carbocycles. The van der Waals surface area contributed by atoms with Gasteiger partial charge in [0.25, 0.3) is 0 Å². The number of phenols is 4. The maximum atomic E-state index is 13.4. The highest BCUT2D eigenvalue weighted by atomic mass is 32.2. The molecule has 4 fully saturated rings. The number of hydrogen-bond donors (Lipinski definition) is 4. The number of alkyl halides is 3. The van der Waals surface area contributed by atoms with E-state index in [0.717, 1.165) is 186 Å². The zero-order chi connectivity index (χ0) is 87.8. The second kappa shape index (κ2) is 39.6. The molecule has 22 nitrogen and oxygen atoms in total. The number of ether oxygens (including phenoxy) is 4. The number of hydrogen-bond acceptors (Lipinski definition) is 19. The summed E-state index contributed by atoms with van der Waals surface area (Å²) in [4.78, 5) is 11.1. The van der Waals surface area contributed by atoms with Crippen molar-refractivity contribution >= 4 is 30.1 Å². The van der Waals surface area contributed by atoms with Gasteiger partial charge < -0.3 is 39.4 Å². The van der Waals surface area contributed by atoms with Gasteiger partial charge in [0.15, 0.2) is 0 Å². The Kier molecular flexibility index (Phi) is 29.6. The zero-order valence-electron chi connectivity index (χ0n) is 72.4. The Balaban J connectivity index is 0.000000141. The highest BCUT2D eigenvalue weighted by molar-refractivity contribution is 7.88. The molecule has 0 radical (unpaired) electrons. The maximum Gasteiger partial charge on any atom is 0.401 e. The third-order valence-corrected chi connectivity index (χ3v) is 30.0. The zero-order valence-corrected chi connectivity index (χ0v) is 74.9. The summed E-state index contributed by atoms with van der Waals surface area (Å²) in [6.45, 7) is 28.6. The van der Waals surface area contributed by atoms with Crippen LogP contribution in [0.4, 0.5) is 13.2 Å². The second-order valence-electron chi connectivity index (χ2n) is 34.7. The largest absolute Gasteiger partial charge is 0.508 e. The summed E-state index contributed by atoms with van der Waals surface area (Å²) in [5.74, 6) is 7.13. The van der Waals surface area contributed by atoms with E-state index in [9.17, 15) is 58.9 Å². The molecule has 4 saturated heterocycles. The van der Waals surface area contributed by atoms with Crippen LogP contribution >= 0.6 is 0 Å². The highest BCUT2D eigenvalue weighted by Gasteiger charge is 2.47. The van der Waals surface area contributed by atoms with Gasteiger partial charge in [0, 0.05) is 105 Å². The molecule has 123 heavy (non-hydrogen) atoms. The first-order valence-electron chi connectivity index (χ1n) is 43.4. The molecule has 0 saturated carbocycles. The van der Waals surface area contributed by atoms with Crippen molar-refractivity contribution in [3.05, 3.63) is 237 Å². The van der Waals surface area contributed by atoms with Gasteiger partial charge in [-0.05, 0) is 227 Å². The standard InChI is InChI=1S/C25H31F3N2O2.C24H32N2O4S.2C23H30N2O4S/c1-3-18-15-29(16-18)12-13-32-22-7-4-20(5-8-22)24(2)23-9-6-21(31)14-19(23)10-11-30(24)17-25(26,27)28;1-4-18-16-25(17-18)13-14-30-22-8-5-20(6-9-22)24(2)23-10-7-21(27)15-19(23)11-12-26(24)31(3,28)29;2*1-3-17-15-24(16-17)12-13-29-21-7-4-18(5-8-21)23-22-9-6-20(26)14-19(22)10-11-25(23)30(2,27)28/h4-9,14,18,31H,3,10-13,15-17H2,1-2H3;5-10,15,18,27H,4,11-14,16-17H2,1-3H3;2*4-9,14,17,23,26H,3,10-13,15-16H2,1-2H3/t24-;;2*23-/m0.10/s1. The molecule has 4 atom stereocenters. The predicted molar refractivity (Wildman–Crippen MR) is 475 cm³/mol. The maximum absolute atomic E-state index is 13.4. The number of sulfonamides is 3. The van der Waals surface area contributed by atoms with Crippen molar-refractivity contribution in [2.75, 3.05) is 156 Å². The SMILES string of the molecule is CCC1CN(CCOc2ccc(C3(C)c4ccc(O)cc4CCN3S(C)(=O)=O)cc2)C1.CCC1CN(CCOc2ccc([C@@H]3c4ccc(O)cc4CCN3S(C)(=O)=O)cc2)C1.CCC1CN(CCOc2ccc([C@@]3(C)c4ccc(O)cc4CCN3CC(F)(F)F)cc2)C1.CCC1CN(CCOc2ccc([C@H]3c4ccc(O)cc4CCN3S(C)(=O)=O)cc2)C1. The minimum atomic E-state index is -4.30. The second-order valence-corrected chi connectivity index (χ2v) is 40.5. The number of aromatic hydroxyl groups is 4. The Morgan fingerprint density at radius 2 is 0.667 bits per heavy atom. The van der Waals surface area contributed by atoms with Gasteiger partial charge in [0.05, 0.1) is 48.5 Å². The van der Waals surface area contributed by atoms with Crippen molar-refractivity contribution in [3.63, 3.8) is 0 Å². The van der Waals surface area contributed by atoms with Gasteiger partial charge in [-0.1, -0.05) is 126 Å². The minimum Gasteiger partial charge on any atom is -0.508 e. The van der Waals surface area contributed by atoms with Gasteiger partial charge in [-0.15, -0.1) is 0 Å². The van der Waals surface area contributed by atoms with E-state index in [1.165, 1.54) is 58.0 Å². The van der Waals surface area contributed by atoms with Crippen LogP contribution in [0.25, 0.3) is 0 Å². The van der Waals surface area contributed by atoms with Crippen molar-refractivity contribution in [2.24, 2.45) is 23.7 Å². The van der Waals surface area contributed by atoms with Crippen LogP contribution in [0.1, 0.15) is 146 Å². The van der Waals surface area contributed by atoms with Crippen LogP contribution in [-0.2, 0) is 66.8 Å². The molecule has 8 aliphatic heterocycles. The smallest absolute Gasteiger partial charge is 0.401 e. The van der Waals surface area contributed by atoms with E-state index in [2.05, 4.69) is 47.3 Å². The minimum absolute atomic E-state index is 0.131. The lowest BCUT2D eigenvalue weighted by atomic mass is 9.77. The van der Waals surface area contributed by atoms with Crippen LogP contribution in [0.2, 0.25) is 0 Å². The first-order valence-corrected chi connectivity index (χ1v) is 49.0. The van der Waals surface area contributed by atoms with Gasteiger partial charge >= 0.3 is 6.18 Å². The summed E-state index contributed by atoms with van der Waals surface area (Å²) in [7, 11) is -10.2. The number of likely N-dealkylation sites (tertiary alicyclic amines) is 4. The summed E-state index contributed by atoms with van der Waals surface area (Å²) >= 11 is 0. The number of phenolic OH excluding ortho intramolecular Hbond substituents is 4. The van der Waals surface area contributed by atoms with E-state index in [4.69, 9.17) is 18.9 Å². The van der Waals surface area contributed by atoms with Gasteiger partial charge in [-0.25, -0.2) is 25.3 Å². The molecule has 0 aromatic heterocycles. The molecule has 8 heterocycles. The van der Waals surface area contributed by atoms with Gasteiger partial charge in [-0.2, -0.15) is 26.1 Å². The van der Waals surface area contributed by atoms with Crippen molar-refractivity contribution in [3.8, 4) is 46.0 Å². The average Bonchev–Trinajstić information content (AvgIpc) is 0.733. The summed E-state index contributed by atoms with van der Waals surface area (Å²) in [5.41, 5.74) is 9.00. The summed E-state index contributed by atoms with van der Waals surface area (Å²) in [6.07, 6.45) is 6.61. The van der Waals surface area contributed by atoms with Crippen LogP contribution in [-0.4, -0.2) is 246 Å². The number of halogens is 3. The van der Waals surface area contributed by atoms with Crippen LogP contribution in [0, 0.1) is 23.7 Å². The molecule has 0 amide bonds. The lowest BCUT2D eigenvalue weighted by Crippen LogP contribution is -2.52. The Morgan fingerprint density at radius 3 is 0.984 bits per heavy atom. The quantitative estimate of drug-likeness (QED) is 0.0356. The van der Waals surface area contributed by atoms with Gasteiger partial charge in [0.1, 0.15) is 72.4 Å². The molecule has 0 bridgehead atoms. The molecule has 0 spiro atoms. The van der Waals surface area contributed by atoms with Crippen LogP contribution in [0.5, 0.6) is 46.0 Å². The molecular weight excluding hydrogens is 1630 g/mol. The van der Waals surface area contributed by atoms with Crippen LogP contribution in [0.15, 0.2) is 170 Å².